The lowest BCUT2D eigenvalue weighted by Crippen LogP contribution is -2.45. The van der Waals surface area contributed by atoms with Crippen LogP contribution in [0.1, 0.15) is 11.1 Å². The van der Waals surface area contributed by atoms with E-state index in [0.29, 0.717) is 0 Å². The summed E-state index contributed by atoms with van der Waals surface area (Å²) in [5.41, 5.74) is 2.90. The van der Waals surface area contributed by atoms with Crippen LogP contribution in [-0.2, 0) is 11.3 Å². The Kier molecular flexibility index (Phi) is 4.96. The average molecular weight is 307 g/mol. The van der Waals surface area contributed by atoms with Crippen LogP contribution >= 0.6 is 0 Å². The van der Waals surface area contributed by atoms with Gasteiger partial charge in [0.1, 0.15) is 5.82 Å². The van der Waals surface area contributed by atoms with Crippen molar-refractivity contribution in [3.63, 3.8) is 0 Å². The quantitative estimate of drug-likeness (QED) is 0.846. The fraction of sp³-hybridized carbons (Fsp3) is 0.647. The van der Waals surface area contributed by atoms with Crippen LogP contribution < -0.4 is 4.90 Å². The molecule has 0 N–H and O–H groups in total. The van der Waals surface area contributed by atoms with Crippen LogP contribution in [0.2, 0.25) is 0 Å². The molecule has 0 bridgehead atoms. The van der Waals surface area contributed by atoms with E-state index >= 15 is 0 Å². The Balaban J connectivity index is 1.73. The van der Waals surface area contributed by atoms with Crippen LogP contribution in [0.25, 0.3) is 0 Å². The number of benzene rings is 1. The Hall–Kier alpha value is -1.17. The molecule has 0 atom stereocenters. The summed E-state index contributed by atoms with van der Waals surface area (Å²) < 4.78 is 20.0. The molecule has 2 aliphatic heterocycles. The van der Waals surface area contributed by atoms with E-state index in [1.54, 1.807) is 6.07 Å². The molecule has 4 nitrogen and oxygen atoms in total. The first-order valence-corrected chi connectivity index (χ1v) is 8.16. The van der Waals surface area contributed by atoms with E-state index in [4.69, 9.17) is 4.74 Å². The van der Waals surface area contributed by atoms with E-state index in [9.17, 15) is 4.39 Å². The molecule has 5 heteroatoms. The van der Waals surface area contributed by atoms with Gasteiger partial charge in [0.2, 0.25) is 0 Å². The maximum Gasteiger partial charge on any atom is 0.147 e. The Morgan fingerprint density at radius 3 is 2.36 bits per heavy atom. The number of aryl methyl sites for hydroxylation is 1. The smallest absolute Gasteiger partial charge is 0.147 e. The van der Waals surface area contributed by atoms with Gasteiger partial charge in [0.25, 0.3) is 0 Å². The van der Waals surface area contributed by atoms with E-state index in [1.807, 2.05) is 6.92 Å². The summed E-state index contributed by atoms with van der Waals surface area (Å²) in [6, 6.07) is 3.86. The van der Waals surface area contributed by atoms with Gasteiger partial charge in [-0.25, -0.2) is 4.39 Å². The van der Waals surface area contributed by atoms with E-state index in [2.05, 4.69) is 27.8 Å². The molecule has 122 valence electrons. The highest BCUT2D eigenvalue weighted by Crippen LogP contribution is 2.27. The third kappa shape index (κ3) is 3.59. The van der Waals surface area contributed by atoms with Crippen molar-refractivity contribution in [2.45, 2.75) is 13.5 Å². The van der Waals surface area contributed by atoms with E-state index in [0.717, 1.165) is 75.8 Å². The Bertz CT molecular complexity index is 486. The van der Waals surface area contributed by atoms with Crippen LogP contribution in [0.4, 0.5) is 10.1 Å². The van der Waals surface area contributed by atoms with Gasteiger partial charge in [-0.15, -0.1) is 0 Å². The van der Waals surface area contributed by atoms with Gasteiger partial charge < -0.3 is 14.5 Å². The summed E-state index contributed by atoms with van der Waals surface area (Å²) >= 11 is 0. The number of nitrogens with zero attached hydrogens (tertiary/aromatic N) is 3. The van der Waals surface area contributed by atoms with Crippen LogP contribution in [0, 0.1) is 12.7 Å². The van der Waals surface area contributed by atoms with Crippen molar-refractivity contribution in [2.75, 3.05) is 64.4 Å². The topological polar surface area (TPSA) is 19.0 Å². The Morgan fingerprint density at radius 2 is 1.73 bits per heavy atom. The van der Waals surface area contributed by atoms with Crippen molar-refractivity contribution in [2.24, 2.45) is 0 Å². The van der Waals surface area contributed by atoms with Crippen molar-refractivity contribution in [1.82, 2.24) is 9.80 Å². The normalized spacial score (nSPS) is 21.3. The van der Waals surface area contributed by atoms with E-state index < -0.39 is 0 Å². The monoisotopic (exact) mass is 307 g/mol. The number of piperazine rings is 1. The maximum atomic E-state index is 14.6. The Labute approximate surface area is 132 Å². The zero-order chi connectivity index (χ0) is 15.5. The highest BCUT2D eigenvalue weighted by atomic mass is 19.1. The summed E-state index contributed by atoms with van der Waals surface area (Å²) in [6.45, 7) is 10.0. The molecule has 2 heterocycles. The standard InChI is InChI=1S/C17H26FN3O/c1-14-11-15(13-20-7-9-22-10-8-20)12-16(18)17(14)21-5-3-19(2)4-6-21/h11-12H,3-10,13H2,1-2H3. The zero-order valence-corrected chi connectivity index (χ0v) is 13.6. The minimum absolute atomic E-state index is 0.0761. The lowest BCUT2D eigenvalue weighted by atomic mass is 10.1. The molecule has 2 aliphatic rings. The highest BCUT2D eigenvalue weighted by molar-refractivity contribution is 5.56. The molecular formula is C17H26FN3O. The van der Waals surface area contributed by atoms with Gasteiger partial charge in [0, 0.05) is 45.8 Å². The zero-order valence-electron chi connectivity index (χ0n) is 13.6. The van der Waals surface area contributed by atoms with Gasteiger partial charge in [-0.3, -0.25) is 4.90 Å². The fourth-order valence-electron chi connectivity index (χ4n) is 3.35. The molecule has 22 heavy (non-hydrogen) atoms. The number of hydrogen-bond acceptors (Lipinski definition) is 4. The van der Waals surface area contributed by atoms with Crippen LogP contribution in [0.3, 0.4) is 0 Å². The molecule has 3 rings (SSSR count). The van der Waals surface area contributed by atoms with Crippen LogP contribution in [-0.4, -0.2) is 69.3 Å². The summed E-state index contributed by atoms with van der Waals surface area (Å²) in [7, 11) is 2.12. The first-order chi connectivity index (χ1) is 10.6. The number of likely N-dealkylation sites (N-methyl/N-ethyl adjacent to an activating group) is 1. The van der Waals surface area contributed by atoms with Crippen LogP contribution in [0.5, 0.6) is 0 Å². The Morgan fingerprint density at radius 1 is 1.05 bits per heavy atom. The fourth-order valence-corrected chi connectivity index (χ4v) is 3.35. The number of rotatable bonds is 3. The van der Waals surface area contributed by atoms with Crippen molar-refractivity contribution in [3.8, 4) is 0 Å². The number of morpholine rings is 1. The first-order valence-electron chi connectivity index (χ1n) is 8.16. The van der Waals surface area contributed by atoms with Crippen molar-refractivity contribution in [1.29, 1.82) is 0 Å². The molecule has 1 aromatic rings. The number of ether oxygens (including phenoxy) is 1. The molecule has 0 aliphatic carbocycles. The third-order valence-corrected chi connectivity index (χ3v) is 4.64. The van der Waals surface area contributed by atoms with Crippen molar-refractivity contribution < 1.29 is 9.13 Å². The third-order valence-electron chi connectivity index (χ3n) is 4.64. The molecule has 2 saturated heterocycles. The van der Waals surface area contributed by atoms with Gasteiger partial charge in [-0.1, -0.05) is 6.07 Å². The lowest BCUT2D eigenvalue weighted by Gasteiger charge is -2.35. The van der Waals surface area contributed by atoms with Gasteiger partial charge >= 0.3 is 0 Å². The van der Waals surface area contributed by atoms with Crippen molar-refractivity contribution >= 4 is 5.69 Å². The average Bonchev–Trinajstić information content (AvgIpc) is 2.49. The maximum absolute atomic E-state index is 14.6. The second-order valence-electron chi connectivity index (χ2n) is 6.42. The highest BCUT2D eigenvalue weighted by Gasteiger charge is 2.20. The first kappa shape index (κ1) is 15.7. The summed E-state index contributed by atoms with van der Waals surface area (Å²) in [4.78, 5) is 6.80. The molecule has 0 saturated carbocycles. The summed E-state index contributed by atoms with van der Waals surface area (Å²) in [5.74, 6) is -0.0761. The van der Waals surface area contributed by atoms with E-state index in [1.165, 1.54) is 0 Å². The largest absolute Gasteiger partial charge is 0.379 e. The predicted molar refractivity (Wildman–Crippen MR) is 86.9 cm³/mol. The molecule has 0 radical (unpaired) electrons. The second kappa shape index (κ2) is 6.94. The van der Waals surface area contributed by atoms with E-state index in [-0.39, 0.29) is 5.82 Å². The minimum atomic E-state index is -0.0761. The molecule has 0 spiro atoms. The molecular weight excluding hydrogens is 281 g/mol. The van der Waals surface area contributed by atoms with Crippen LogP contribution in [0.15, 0.2) is 12.1 Å². The summed E-state index contributed by atoms with van der Waals surface area (Å²) in [5, 5.41) is 0. The van der Waals surface area contributed by atoms with Gasteiger partial charge in [0.15, 0.2) is 0 Å². The summed E-state index contributed by atoms with van der Waals surface area (Å²) in [6.07, 6.45) is 0. The molecule has 0 aromatic heterocycles. The molecule has 0 unspecified atom stereocenters. The molecule has 2 fully saturated rings. The lowest BCUT2D eigenvalue weighted by molar-refractivity contribution is 0.0341. The van der Waals surface area contributed by atoms with Gasteiger partial charge in [-0.2, -0.15) is 0 Å². The minimum Gasteiger partial charge on any atom is -0.379 e. The SMILES string of the molecule is Cc1cc(CN2CCOCC2)cc(F)c1N1CCN(C)CC1. The molecule has 1 aromatic carbocycles. The second-order valence-corrected chi connectivity index (χ2v) is 6.42. The molecule has 0 amide bonds. The van der Waals surface area contributed by atoms with Gasteiger partial charge in [0.05, 0.1) is 18.9 Å². The number of hydrogen-bond donors (Lipinski definition) is 0. The van der Waals surface area contributed by atoms with Gasteiger partial charge in [-0.05, 0) is 31.2 Å². The number of anilines is 1. The predicted octanol–water partition coefficient (Wildman–Crippen LogP) is 1.72. The van der Waals surface area contributed by atoms with Crippen molar-refractivity contribution in [3.05, 3.63) is 29.1 Å². The number of halogens is 1.